The smallest absolute Gasteiger partial charge is 0.410 e. The largest absolute Gasteiger partial charge is 0.449 e. The van der Waals surface area contributed by atoms with E-state index in [9.17, 15) is 32.4 Å². The van der Waals surface area contributed by atoms with E-state index in [2.05, 4.69) is 21.4 Å². The zero-order valence-corrected chi connectivity index (χ0v) is 32.3. The van der Waals surface area contributed by atoms with E-state index in [4.69, 9.17) is 9.47 Å². The average Bonchev–Trinajstić information content (AvgIpc) is 3.97. The highest BCUT2D eigenvalue weighted by Gasteiger charge is 2.62. The topological polar surface area (TPSA) is 181 Å². The molecule has 6 rings (SSSR count). The summed E-state index contributed by atoms with van der Waals surface area (Å²) < 4.78 is 39.2. The third-order valence-electron chi connectivity index (χ3n) is 11.2. The number of ether oxygens (including phenoxy) is 2. The van der Waals surface area contributed by atoms with Crippen LogP contribution in [0.2, 0.25) is 0 Å². The van der Waals surface area contributed by atoms with E-state index in [0.717, 1.165) is 29.5 Å². The number of carbonyl (C=O) groups is 5. The summed E-state index contributed by atoms with van der Waals surface area (Å²) in [7, 11) is -3.88. The molecule has 2 aliphatic carbocycles. The molecule has 1 saturated heterocycles. The Hall–Kier alpha value is -4.14. The van der Waals surface area contributed by atoms with E-state index >= 15 is 0 Å². The normalized spacial score (nSPS) is 29.7. The third-order valence-corrected chi connectivity index (χ3v) is 13.0. The maximum atomic E-state index is 14.5. The molecule has 5 aliphatic rings. The predicted octanol–water partition coefficient (Wildman–Crippen LogP) is 3.98. The first-order valence-electron chi connectivity index (χ1n) is 18.7. The van der Waals surface area contributed by atoms with Gasteiger partial charge in [-0.15, -0.1) is 0 Å². The quantitative estimate of drug-likeness (QED) is 0.387. The highest BCUT2D eigenvalue weighted by atomic mass is 32.2. The van der Waals surface area contributed by atoms with Crippen LogP contribution < -0.4 is 15.4 Å². The molecule has 5 atom stereocenters. The standard InChI is InChI=1S/C38H53N5O9S/c1-7-25-18-38(25,33(46)41-53(49,50)27-14-15-27)40-31(44)29-17-26-20-43(29)32(45)30(36(2,3)4)39-34(47)51-22-37(5,6)16-9-8-11-23-12-10-13-24-19-42(21-28(23)24)35(48)52-26/h8,10-13,25-27,29-30H,7,9,14-22H2,1-6H3,(H,39,47)(H,40,44)(H,41,46)/b11-8-/t25-,26-,29+,30-,38-/m1/s1. The second-order valence-corrected chi connectivity index (χ2v) is 19.1. The number of nitrogens with zero attached hydrogens (tertiary/aromatic N) is 2. The minimum absolute atomic E-state index is 0.0670. The van der Waals surface area contributed by atoms with Gasteiger partial charge in [0, 0.05) is 13.0 Å². The van der Waals surface area contributed by atoms with Gasteiger partial charge >= 0.3 is 12.2 Å². The van der Waals surface area contributed by atoms with Crippen LogP contribution in [0, 0.1) is 16.7 Å². The van der Waals surface area contributed by atoms with Crippen LogP contribution in [0.15, 0.2) is 24.3 Å². The molecule has 3 N–H and O–H groups in total. The highest BCUT2D eigenvalue weighted by Crippen LogP contribution is 2.47. The summed E-state index contributed by atoms with van der Waals surface area (Å²) >= 11 is 0. The monoisotopic (exact) mass is 755 g/mol. The molecule has 3 fully saturated rings. The van der Waals surface area contributed by atoms with Crippen molar-refractivity contribution in [3.63, 3.8) is 0 Å². The van der Waals surface area contributed by atoms with Gasteiger partial charge in [-0.3, -0.25) is 24.0 Å². The maximum absolute atomic E-state index is 14.5. The van der Waals surface area contributed by atoms with Gasteiger partial charge in [-0.1, -0.05) is 78.3 Å². The fraction of sp³-hybridized carbons (Fsp3) is 0.658. The molecule has 15 heteroatoms. The molecule has 53 heavy (non-hydrogen) atoms. The van der Waals surface area contributed by atoms with Crippen molar-refractivity contribution >= 4 is 46.0 Å². The van der Waals surface area contributed by atoms with Crippen LogP contribution in [0.5, 0.6) is 0 Å². The summed E-state index contributed by atoms with van der Waals surface area (Å²) in [5, 5.41) is 4.93. The van der Waals surface area contributed by atoms with Gasteiger partial charge in [-0.2, -0.15) is 0 Å². The van der Waals surface area contributed by atoms with Gasteiger partial charge in [-0.25, -0.2) is 18.0 Å². The zero-order valence-electron chi connectivity index (χ0n) is 31.5. The Kier molecular flexibility index (Phi) is 10.4. The second kappa shape index (κ2) is 14.3. The Labute approximate surface area is 311 Å². The number of hydrogen-bond acceptors (Lipinski definition) is 9. The summed E-state index contributed by atoms with van der Waals surface area (Å²) in [6.07, 6.45) is 4.94. The summed E-state index contributed by atoms with van der Waals surface area (Å²) in [5.41, 5.74) is 0.357. The number of amides is 5. The van der Waals surface area contributed by atoms with Crippen LogP contribution >= 0.6 is 0 Å². The highest BCUT2D eigenvalue weighted by molar-refractivity contribution is 7.91. The lowest BCUT2D eigenvalue weighted by atomic mass is 9.85. The fourth-order valence-electron chi connectivity index (χ4n) is 7.61. The van der Waals surface area contributed by atoms with E-state index in [1.165, 1.54) is 4.90 Å². The number of rotatable bonds is 6. The summed E-state index contributed by atoms with van der Waals surface area (Å²) in [4.78, 5) is 72.0. The molecule has 0 spiro atoms. The Morgan fingerprint density at radius 1 is 1.09 bits per heavy atom. The van der Waals surface area contributed by atoms with Crippen LogP contribution in [-0.4, -0.2) is 90.3 Å². The Morgan fingerprint density at radius 3 is 2.49 bits per heavy atom. The molecular weight excluding hydrogens is 703 g/mol. The van der Waals surface area contributed by atoms with Crippen LogP contribution in [0.25, 0.3) is 6.08 Å². The number of hydrogen-bond donors (Lipinski definition) is 3. The van der Waals surface area contributed by atoms with Crippen molar-refractivity contribution in [2.24, 2.45) is 16.7 Å². The number of benzene rings is 1. The lowest BCUT2D eigenvalue weighted by Gasteiger charge is -2.35. The number of carbonyl (C=O) groups excluding carboxylic acids is 5. The number of alkyl carbamates (subject to hydrolysis) is 1. The van der Waals surface area contributed by atoms with Gasteiger partial charge in [-0.05, 0) is 65.5 Å². The number of sulfonamides is 1. The molecule has 0 unspecified atom stereocenters. The molecule has 1 aromatic rings. The van der Waals surface area contributed by atoms with Crippen LogP contribution in [0.3, 0.4) is 0 Å². The predicted molar refractivity (Wildman–Crippen MR) is 195 cm³/mol. The van der Waals surface area contributed by atoms with Crippen molar-refractivity contribution in [3.8, 4) is 0 Å². The van der Waals surface area contributed by atoms with E-state index < -0.39 is 74.3 Å². The molecule has 3 aliphatic heterocycles. The maximum Gasteiger partial charge on any atom is 0.410 e. The van der Waals surface area contributed by atoms with Crippen LogP contribution in [-0.2, 0) is 47.0 Å². The molecule has 290 valence electrons. The first-order valence-corrected chi connectivity index (χ1v) is 20.2. The summed E-state index contributed by atoms with van der Waals surface area (Å²) in [6, 6.07) is 3.61. The van der Waals surface area contributed by atoms with Gasteiger partial charge in [0.1, 0.15) is 23.7 Å². The fourth-order valence-corrected chi connectivity index (χ4v) is 8.98. The SMILES string of the molecule is CC[C@@H]1C[C@]1(NC(=O)[C@@H]1C[C@@H]2CN1C(=O)[C@H](C(C)(C)C)NC(=O)OCC(C)(C)CC/C=C\c1cccc3c1CN(C3)C(=O)O2)C(=O)NS(=O)(=O)C1CC1. The lowest BCUT2D eigenvalue weighted by Crippen LogP contribution is -2.60. The molecule has 0 aromatic heterocycles. The number of allylic oxidation sites excluding steroid dienone is 1. The van der Waals surface area contributed by atoms with Crippen molar-refractivity contribution in [1.82, 2.24) is 25.2 Å². The van der Waals surface area contributed by atoms with Crippen molar-refractivity contribution in [3.05, 3.63) is 41.0 Å². The first kappa shape index (κ1) is 38.6. The van der Waals surface area contributed by atoms with Gasteiger partial charge in [0.25, 0.3) is 5.91 Å². The number of cyclic esters (lactones) is 1. The zero-order chi connectivity index (χ0) is 38.5. The molecule has 2 saturated carbocycles. The van der Waals surface area contributed by atoms with Gasteiger partial charge in [0.2, 0.25) is 21.8 Å². The third kappa shape index (κ3) is 8.34. The van der Waals surface area contributed by atoms with E-state index in [-0.39, 0.29) is 37.3 Å². The van der Waals surface area contributed by atoms with Crippen molar-refractivity contribution in [2.45, 2.75) is 129 Å². The molecule has 1 aromatic carbocycles. The van der Waals surface area contributed by atoms with E-state index in [0.29, 0.717) is 32.4 Å². The molecular formula is C38H53N5O9S. The van der Waals surface area contributed by atoms with Crippen molar-refractivity contribution in [2.75, 3.05) is 13.2 Å². The van der Waals surface area contributed by atoms with Gasteiger partial charge < -0.3 is 25.0 Å². The number of nitrogens with one attached hydrogen (secondary N) is 3. The minimum atomic E-state index is -3.88. The molecule has 5 amide bonds. The molecule has 3 heterocycles. The molecule has 14 nitrogen and oxygen atoms in total. The number of fused-ring (bicyclic) bond motifs is 3. The van der Waals surface area contributed by atoms with Crippen LogP contribution in [0.1, 0.15) is 103 Å². The minimum Gasteiger partial charge on any atom is -0.449 e. The second-order valence-electron chi connectivity index (χ2n) is 17.2. The van der Waals surface area contributed by atoms with Gasteiger partial charge in [0.05, 0.1) is 24.9 Å². The van der Waals surface area contributed by atoms with Gasteiger partial charge in [0.15, 0.2) is 0 Å². The molecule has 0 radical (unpaired) electrons. The average molecular weight is 756 g/mol. The van der Waals surface area contributed by atoms with Crippen molar-refractivity contribution in [1.29, 1.82) is 0 Å². The first-order chi connectivity index (χ1) is 24.8. The molecule has 4 bridgehead atoms. The van der Waals surface area contributed by atoms with Crippen LogP contribution in [0.4, 0.5) is 9.59 Å². The Morgan fingerprint density at radius 2 is 1.83 bits per heavy atom. The Bertz CT molecular complexity index is 1800. The van der Waals surface area contributed by atoms with Crippen molar-refractivity contribution < 1.29 is 41.9 Å². The summed E-state index contributed by atoms with van der Waals surface area (Å²) in [5.74, 6) is -2.36. The van der Waals surface area contributed by atoms with E-state index in [1.54, 1.807) is 25.7 Å². The lowest BCUT2D eigenvalue weighted by molar-refractivity contribution is -0.143. The summed E-state index contributed by atoms with van der Waals surface area (Å²) in [6.45, 7) is 11.8. The Balaban J connectivity index is 1.29. The van der Waals surface area contributed by atoms with E-state index in [1.807, 2.05) is 45.0 Å².